The summed E-state index contributed by atoms with van der Waals surface area (Å²) in [6, 6.07) is 8.26. The number of carbonyl (C=O) groups is 2. The van der Waals surface area contributed by atoms with Crippen molar-refractivity contribution in [1.82, 2.24) is 9.80 Å². The van der Waals surface area contributed by atoms with Crippen molar-refractivity contribution >= 4 is 17.6 Å². The van der Waals surface area contributed by atoms with Crippen LogP contribution in [0.1, 0.15) is 35.8 Å². The topological polar surface area (TPSA) is 65.8 Å². The predicted octanol–water partition coefficient (Wildman–Crippen LogP) is 6.93. The summed E-state index contributed by atoms with van der Waals surface area (Å²) in [6.45, 7) is 1.13. The quantitative estimate of drug-likeness (QED) is 0.289. The summed E-state index contributed by atoms with van der Waals surface area (Å²) in [7, 11) is 0. The molecule has 6 nitrogen and oxygen atoms in total. The summed E-state index contributed by atoms with van der Waals surface area (Å²) < 4.78 is 97.8. The lowest BCUT2D eigenvalue weighted by molar-refractivity contribution is -0.143. The lowest BCUT2D eigenvalue weighted by atomic mass is 10.1. The molecule has 0 aliphatic rings. The second kappa shape index (κ2) is 12.2. The van der Waals surface area contributed by atoms with Crippen LogP contribution in [-0.4, -0.2) is 34.8 Å². The fraction of sp³-hybridized carbons (Fsp3) is 0.308. The van der Waals surface area contributed by atoms with Gasteiger partial charge in [0.15, 0.2) is 0 Å². The first-order valence-corrected chi connectivity index (χ1v) is 11.7. The average molecular weight is 559 g/mol. The molecule has 3 rings (SSSR count). The van der Waals surface area contributed by atoms with Gasteiger partial charge in [-0.3, -0.25) is 4.79 Å². The fourth-order valence-corrected chi connectivity index (χ4v) is 3.65. The van der Waals surface area contributed by atoms with E-state index in [1.807, 2.05) is 0 Å². The van der Waals surface area contributed by atoms with Crippen LogP contribution in [0.25, 0.3) is 0 Å². The van der Waals surface area contributed by atoms with Crippen LogP contribution in [0, 0.1) is 5.82 Å². The zero-order valence-corrected chi connectivity index (χ0v) is 20.6. The Labute approximate surface area is 219 Å². The number of furan rings is 1. The molecular formula is C26H24F7N3O3. The zero-order valence-electron chi connectivity index (χ0n) is 20.6. The van der Waals surface area contributed by atoms with E-state index in [4.69, 9.17) is 4.42 Å². The van der Waals surface area contributed by atoms with Gasteiger partial charge in [-0.05, 0) is 54.4 Å². The van der Waals surface area contributed by atoms with Gasteiger partial charge in [-0.1, -0.05) is 19.1 Å². The van der Waals surface area contributed by atoms with E-state index >= 15 is 0 Å². The van der Waals surface area contributed by atoms with Gasteiger partial charge in [0.2, 0.25) is 5.91 Å². The van der Waals surface area contributed by atoms with Gasteiger partial charge in [-0.2, -0.15) is 26.3 Å². The van der Waals surface area contributed by atoms with E-state index in [9.17, 15) is 40.3 Å². The second-order valence-corrected chi connectivity index (χ2v) is 8.60. The molecule has 3 aromatic rings. The molecular weight excluding hydrogens is 535 g/mol. The Morgan fingerprint density at radius 2 is 1.49 bits per heavy atom. The normalized spacial score (nSPS) is 11.8. The Morgan fingerprint density at radius 3 is 2.00 bits per heavy atom. The van der Waals surface area contributed by atoms with Crippen LogP contribution in [0.4, 0.5) is 41.2 Å². The first-order valence-electron chi connectivity index (χ1n) is 11.7. The van der Waals surface area contributed by atoms with Gasteiger partial charge in [0.05, 0.1) is 23.9 Å². The number of rotatable bonds is 9. The molecule has 0 unspecified atom stereocenters. The van der Waals surface area contributed by atoms with Gasteiger partial charge in [0.1, 0.15) is 18.1 Å². The third kappa shape index (κ3) is 8.48. The molecule has 0 spiro atoms. The lowest BCUT2D eigenvalue weighted by Gasteiger charge is -2.27. The maximum absolute atomic E-state index is 13.3. The third-order valence-corrected chi connectivity index (χ3v) is 5.51. The van der Waals surface area contributed by atoms with Gasteiger partial charge in [-0.15, -0.1) is 0 Å². The van der Waals surface area contributed by atoms with E-state index in [0.717, 1.165) is 4.90 Å². The molecule has 1 N–H and O–H groups in total. The molecule has 0 saturated carbocycles. The number of alkyl halides is 6. The van der Waals surface area contributed by atoms with E-state index in [1.54, 1.807) is 19.1 Å². The van der Waals surface area contributed by atoms with E-state index in [0.29, 0.717) is 29.9 Å². The SMILES string of the molecule is CCCN(CC(=O)N(Cc1ccc(F)cc1)Cc1ccco1)C(=O)Nc1cc(C(F)(F)F)cc(C(F)(F)F)c1. The van der Waals surface area contributed by atoms with Crippen molar-refractivity contribution in [1.29, 1.82) is 0 Å². The monoisotopic (exact) mass is 559 g/mol. The molecule has 0 radical (unpaired) electrons. The van der Waals surface area contributed by atoms with Crippen LogP contribution in [0.3, 0.4) is 0 Å². The largest absolute Gasteiger partial charge is 0.467 e. The molecule has 0 aliphatic heterocycles. The number of urea groups is 1. The summed E-state index contributed by atoms with van der Waals surface area (Å²) in [6.07, 6.45) is -8.44. The van der Waals surface area contributed by atoms with Crippen molar-refractivity contribution < 1.29 is 44.7 Å². The van der Waals surface area contributed by atoms with Gasteiger partial charge in [-0.25, -0.2) is 9.18 Å². The molecule has 1 heterocycles. The molecule has 3 amide bonds. The maximum atomic E-state index is 13.3. The summed E-state index contributed by atoms with van der Waals surface area (Å²) in [4.78, 5) is 28.5. The smallest absolute Gasteiger partial charge is 0.416 e. The Balaban J connectivity index is 1.82. The fourth-order valence-electron chi connectivity index (χ4n) is 3.65. The minimum absolute atomic E-state index is 0.00658. The van der Waals surface area contributed by atoms with Crippen molar-refractivity contribution in [3.05, 3.63) is 89.1 Å². The van der Waals surface area contributed by atoms with Crippen LogP contribution in [-0.2, 0) is 30.2 Å². The van der Waals surface area contributed by atoms with E-state index in [1.165, 1.54) is 35.4 Å². The van der Waals surface area contributed by atoms with Crippen molar-refractivity contribution in [2.24, 2.45) is 0 Å². The highest BCUT2D eigenvalue weighted by Gasteiger charge is 2.37. The highest BCUT2D eigenvalue weighted by atomic mass is 19.4. The molecule has 39 heavy (non-hydrogen) atoms. The van der Waals surface area contributed by atoms with Crippen LogP contribution < -0.4 is 5.32 Å². The molecule has 0 fully saturated rings. The van der Waals surface area contributed by atoms with Crippen LogP contribution in [0.15, 0.2) is 65.3 Å². The number of anilines is 1. The molecule has 0 bridgehead atoms. The van der Waals surface area contributed by atoms with E-state index in [2.05, 4.69) is 5.32 Å². The number of hydrogen-bond acceptors (Lipinski definition) is 3. The van der Waals surface area contributed by atoms with E-state index in [-0.39, 0.29) is 25.7 Å². The van der Waals surface area contributed by atoms with Gasteiger partial charge >= 0.3 is 18.4 Å². The molecule has 0 atom stereocenters. The van der Waals surface area contributed by atoms with Gasteiger partial charge in [0.25, 0.3) is 0 Å². The second-order valence-electron chi connectivity index (χ2n) is 8.60. The molecule has 210 valence electrons. The lowest BCUT2D eigenvalue weighted by Crippen LogP contribution is -2.44. The number of hydrogen-bond donors (Lipinski definition) is 1. The third-order valence-electron chi connectivity index (χ3n) is 5.51. The minimum Gasteiger partial charge on any atom is -0.467 e. The van der Waals surface area contributed by atoms with Crippen LogP contribution in [0.2, 0.25) is 0 Å². The first-order chi connectivity index (χ1) is 18.3. The van der Waals surface area contributed by atoms with Crippen molar-refractivity contribution in [3.8, 4) is 0 Å². The molecule has 0 aliphatic carbocycles. The number of amides is 3. The molecule has 13 heteroatoms. The predicted molar refractivity (Wildman–Crippen MR) is 127 cm³/mol. The van der Waals surface area contributed by atoms with Crippen molar-refractivity contribution in [2.75, 3.05) is 18.4 Å². The van der Waals surface area contributed by atoms with Gasteiger partial charge in [0, 0.05) is 18.8 Å². The Kier molecular flexibility index (Phi) is 9.25. The summed E-state index contributed by atoms with van der Waals surface area (Å²) in [5.41, 5.74) is -3.33. The van der Waals surface area contributed by atoms with Gasteiger partial charge < -0.3 is 19.5 Å². The van der Waals surface area contributed by atoms with Crippen LogP contribution >= 0.6 is 0 Å². The summed E-state index contributed by atoms with van der Waals surface area (Å²) in [5.74, 6) is -0.642. The molecule has 0 saturated heterocycles. The minimum atomic E-state index is -5.09. The molecule has 2 aromatic carbocycles. The molecule has 1 aromatic heterocycles. The zero-order chi connectivity index (χ0) is 28.8. The number of carbonyl (C=O) groups excluding carboxylic acids is 2. The number of halogens is 7. The number of benzene rings is 2. The summed E-state index contributed by atoms with van der Waals surface area (Å²) >= 11 is 0. The average Bonchev–Trinajstić information content (AvgIpc) is 3.36. The van der Waals surface area contributed by atoms with Crippen molar-refractivity contribution in [2.45, 2.75) is 38.8 Å². The highest BCUT2D eigenvalue weighted by Crippen LogP contribution is 2.37. The Bertz CT molecular complexity index is 1230. The number of nitrogens with zero attached hydrogens (tertiary/aromatic N) is 2. The Morgan fingerprint density at radius 1 is 0.872 bits per heavy atom. The standard InChI is InChI=1S/C26H24F7N3O3/c1-2-9-35(24(38)34-21-12-18(25(28,29)30)11-19(13-21)26(31,32)33)16-23(37)36(15-22-4-3-10-39-22)14-17-5-7-20(27)8-6-17/h3-8,10-13H,2,9,14-16H2,1H3,(H,34,38). The highest BCUT2D eigenvalue weighted by molar-refractivity contribution is 5.92. The summed E-state index contributed by atoms with van der Waals surface area (Å²) in [5, 5.41) is 2.05. The number of nitrogens with one attached hydrogen (secondary N) is 1. The Hall–Kier alpha value is -4.03. The first kappa shape index (κ1) is 29.5. The van der Waals surface area contributed by atoms with Crippen LogP contribution in [0.5, 0.6) is 0 Å². The van der Waals surface area contributed by atoms with E-state index < -0.39 is 53.5 Å². The van der Waals surface area contributed by atoms with Crippen molar-refractivity contribution in [3.63, 3.8) is 0 Å². The maximum Gasteiger partial charge on any atom is 0.416 e.